The minimum absolute atomic E-state index is 0.218. The number of piperazine rings is 1. The van der Waals surface area contributed by atoms with Gasteiger partial charge < -0.3 is 9.64 Å². The average Bonchev–Trinajstić information content (AvgIpc) is 2.41. The highest BCUT2D eigenvalue weighted by Gasteiger charge is 2.29. The molecule has 0 aromatic carbocycles. The summed E-state index contributed by atoms with van der Waals surface area (Å²) in [6, 6.07) is 4.32. The van der Waals surface area contributed by atoms with E-state index in [9.17, 15) is 4.79 Å². The third-order valence-corrected chi connectivity index (χ3v) is 4.06. The Kier molecular flexibility index (Phi) is 5.45. The number of ether oxygens (including phenoxy) is 1. The minimum Gasteiger partial charge on any atom is -0.444 e. The van der Waals surface area contributed by atoms with Crippen molar-refractivity contribution < 1.29 is 9.53 Å². The van der Waals surface area contributed by atoms with Crippen molar-refractivity contribution in [3.05, 3.63) is 28.5 Å². The van der Waals surface area contributed by atoms with Gasteiger partial charge in [0.25, 0.3) is 0 Å². The van der Waals surface area contributed by atoms with Gasteiger partial charge in [0, 0.05) is 38.4 Å². The van der Waals surface area contributed by atoms with Crippen LogP contribution in [0.1, 0.15) is 33.3 Å². The van der Waals surface area contributed by atoms with E-state index in [0.717, 1.165) is 17.7 Å². The number of pyridine rings is 1. The molecule has 0 spiro atoms. The van der Waals surface area contributed by atoms with E-state index >= 15 is 0 Å². The summed E-state index contributed by atoms with van der Waals surface area (Å²) in [4.78, 5) is 20.6. The topological polar surface area (TPSA) is 45.7 Å². The Morgan fingerprint density at radius 1 is 1.41 bits per heavy atom. The first-order chi connectivity index (χ1) is 10.2. The lowest BCUT2D eigenvalue weighted by molar-refractivity contribution is 0.00460. The summed E-state index contributed by atoms with van der Waals surface area (Å²) in [5, 5.41) is 0. The molecule has 0 N–H and O–H groups in total. The van der Waals surface area contributed by atoms with Gasteiger partial charge in [0.2, 0.25) is 0 Å². The Bertz CT molecular complexity index is 513. The summed E-state index contributed by atoms with van der Waals surface area (Å²) >= 11 is 3.35. The van der Waals surface area contributed by atoms with Crippen LogP contribution >= 0.6 is 15.9 Å². The molecule has 2 heterocycles. The van der Waals surface area contributed by atoms with Gasteiger partial charge in [-0.15, -0.1) is 0 Å². The van der Waals surface area contributed by atoms with Gasteiger partial charge in [-0.1, -0.05) is 6.07 Å². The first-order valence-electron chi connectivity index (χ1n) is 7.57. The molecule has 1 aromatic rings. The summed E-state index contributed by atoms with van der Waals surface area (Å²) < 4.78 is 6.29. The molecule has 0 saturated carbocycles. The molecule has 0 unspecified atom stereocenters. The summed E-state index contributed by atoms with van der Waals surface area (Å²) in [5.74, 6) is 0. The zero-order chi connectivity index (χ0) is 16.3. The van der Waals surface area contributed by atoms with E-state index in [2.05, 4.69) is 38.8 Å². The molecule has 1 aromatic heterocycles. The fourth-order valence-corrected chi connectivity index (χ4v) is 2.69. The highest BCUT2D eigenvalue weighted by molar-refractivity contribution is 9.10. The number of hydrogen-bond donors (Lipinski definition) is 0. The van der Waals surface area contributed by atoms with E-state index in [4.69, 9.17) is 4.74 Å². The van der Waals surface area contributed by atoms with Crippen molar-refractivity contribution >= 4 is 22.0 Å². The fraction of sp³-hybridized carbons (Fsp3) is 0.625. The minimum atomic E-state index is -0.444. The highest BCUT2D eigenvalue weighted by atomic mass is 79.9. The first-order valence-corrected chi connectivity index (χ1v) is 8.36. The molecule has 6 heteroatoms. The fourth-order valence-electron chi connectivity index (χ4n) is 2.46. The Morgan fingerprint density at radius 2 is 2.14 bits per heavy atom. The van der Waals surface area contributed by atoms with Crippen molar-refractivity contribution in [1.82, 2.24) is 14.8 Å². The van der Waals surface area contributed by atoms with Crippen LogP contribution in [0.15, 0.2) is 22.9 Å². The van der Waals surface area contributed by atoms with Crippen molar-refractivity contribution in [1.29, 1.82) is 0 Å². The maximum atomic E-state index is 12.1. The molecule has 1 aliphatic rings. The van der Waals surface area contributed by atoms with Gasteiger partial charge in [0.1, 0.15) is 10.2 Å². The maximum Gasteiger partial charge on any atom is 0.410 e. The second kappa shape index (κ2) is 6.96. The van der Waals surface area contributed by atoms with Gasteiger partial charge in [-0.3, -0.25) is 4.90 Å². The Balaban J connectivity index is 1.90. The molecule has 0 radical (unpaired) electrons. The number of amides is 1. The molecule has 2 rings (SSSR count). The number of halogens is 1. The molecule has 22 heavy (non-hydrogen) atoms. The van der Waals surface area contributed by atoms with Gasteiger partial charge >= 0.3 is 6.09 Å². The zero-order valence-corrected chi connectivity index (χ0v) is 15.3. The summed E-state index contributed by atoms with van der Waals surface area (Å²) in [5.41, 5.74) is 0.737. The third-order valence-electron chi connectivity index (χ3n) is 3.59. The van der Waals surface area contributed by atoms with Crippen molar-refractivity contribution in [3.63, 3.8) is 0 Å². The number of hydrogen-bond acceptors (Lipinski definition) is 4. The average molecular weight is 370 g/mol. The predicted octanol–water partition coefficient (Wildman–Crippen LogP) is 3.29. The maximum absolute atomic E-state index is 12.1. The molecule has 0 aliphatic carbocycles. The second-order valence-corrected chi connectivity index (χ2v) is 7.55. The molecular weight excluding hydrogens is 346 g/mol. The zero-order valence-electron chi connectivity index (χ0n) is 13.7. The van der Waals surface area contributed by atoms with E-state index in [1.807, 2.05) is 33.0 Å². The van der Waals surface area contributed by atoms with Gasteiger partial charge in [-0.2, -0.15) is 0 Å². The molecule has 1 saturated heterocycles. The predicted molar refractivity (Wildman–Crippen MR) is 89.6 cm³/mol. The van der Waals surface area contributed by atoms with Crippen molar-refractivity contribution in [2.45, 2.75) is 45.9 Å². The van der Waals surface area contributed by atoms with E-state index < -0.39 is 5.60 Å². The molecule has 122 valence electrons. The van der Waals surface area contributed by atoms with E-state index in [-0.39, 0.29) is 6.09 Å². The number of carbonyl (C=O) groups is 1. The molecule has 1 atom stereocenters. The lowest BCUT2D eigenvalue weighted by Gasteiger charge is -2.40. The molecule has 5 nitrogen and oxygen atoms in total. The van der Waals surface area contributed by atoms with Crippen LogP contribution in [0.5, 0.6) is 0 Å². The molecule has 1 fully saturated rings. The van der Waals surface area contributed by atoms with E-state index in [1.165, 1.54) is 5.56 Å². The van der Waals surface area contributed by atoms with Crippen molar-refractivity contribution in [2.24, 2.45) is 0 Å². The summed E-state index contributed by atoms with van der Waals surface area (Å²) in [6.07, 6.45) is 1.67. The van der Waals surface area contributed by atoms with Crippen LogP contribution in [-0.2, 0) is 11.3 Å². The van der Waals surface area contributed by atoms with Crippen LogP contribution in [0.2, 0.25) is 0 Å². The van der Waals surface area contributed by atoms with Crippen molar-refractivity contribution in [2.75, 3.05) is 19.6 Å². The Labute approximate surface area is 140 Å². The van der Waals surface area contributed by atoms with Gasteiger partial charge in [-0.05, 0) is 55.3 Å². The number of aromatic nitrogens is 1. The Hall–Kier alpha value is -1.14. The number of nitrogens with zero attached hydrogens (tertiary/aromatic N) is 3. The standard InChI is InChI=1S/C16H24BrN3O2/c1-12-10-20(15(21)22-16(2,3)4)8-7-19(12)11-13-5-6-14(17)18-9-13/h5-6,9,12H,7-8,10-11H2,1-4H3/t12-/m1/s1. The largest absolute Gasteiger partial charge is 0.444 e. The van der Waals surface area contributed by atoms with E-state index in [0.29, 0.717) is 19.1 Å². The quantitative estimate of drug-likeness (QED) is 0.750. The van der Waals surface area contributed by atoms with Crippen LogP contribution < -0.4 is 0 Å². The van der Waals surface area contributed by atoms with Crippen LogP contribution in [0.3, 0.4) is 0 Å². The molecule has 1 aliphatic heterocycles. The second-order valence-electron chi connectivity index (χ2n) is 6.74. The van der Waals surface area contributed by atoms with Crippen LogP contribution in [0.4, 0.5) is 4.79 Å². The summed E-state index contributed by atoms with van der Waals surface area (Å²) in [6.45, 7) is 10.9. The van der Waals surface area contributed by atoms with Gasteiger partial charge in [0.05, 0.1) is 0 Å². The normalized spacial score (nSPS) is 20.0. The lowest BCUT2D eigenvalue weighted by atomic mass is 10.1. The number of rotatable bonds is 2. The van der Waals surface area contributed by atoms with Crippen LogP contribution in [0, 0.1) is 0 Å². The molecule has 0 bridgehead atoms. The molecule has 1 amide bonds. The van der Waals surface area contributed by atoms with Gasteiger partial charge in [-0.25, -0.2) is 9.78 Å². The Morgan fingerprint density at radius 3 is 2.68 bits per heavy atom. The van der Waals surface area contributed by atoms with Gasteiger partial charge in [0.15, 0.2) is 0 Å². The monoisotopic (exact) mass is 369 g/mol. The highest BCUT2D eigenvalue weighted by Crippen LogP contribution is 2.17. The summed E-state index contributed by atoms with van der Waals surface area (Å²) in [7, 11) is 0. The smallest absolute Gasteiger partial charge is 0.410 e. The van der Waals surface area contributed by atoms with Crippen molar-refractivity contribution in [3.8, 4) is 0 Å². The lowest BCUT2D eigenvalue weighted by Crippen LogP contribution is -2.54. The van der Waals surface area contributed by atoms with E-state index in [1.54, 1.807) is 4.90 Å². The third kappa shape index (κ3) is 4.95. The molecular formula is C16H24BrN3O2. The number of carbonyl (C=O) groups excluding carboxylic acids is 1. The van der Waals surface area contributed by atoms with Crippen LogP contribution in [0.25, 0.3) is 0 Å². The first kappa shape index (κ1) is 17.2. The SMILES string of the molecule is C[C@@H]1CN(C(=O)OC(C)(C)C)CCN1Cc1ccc(Br)nc1. The van der Waals surface area contributed by atoms with Crippen LogP contribution in [-0.4, -0.2) is 52.2 Å².